The van der Waals surface area contributed by atoms with E-state index >= 15 is 0 Å². The standard InChI is InChI=1S/C11H17N5/c12-7-1-4-10(15)11(16,5-2-8-13)6-3-9-14/h10H,1-6,15-16H2. The molecule has 1 atom stereocenters. The zero-order valence-electron chi connectivity index (χ0n) is 9.32. The van der Waals surface area contributed by atoms with Crippen molar-refractivity contribution >= 4 is 0 Å². The van der Waals surface area contributed by atoms with E-state index in [2.05, 4.69) is 0 Å². The van der Waals surface area contributed by atoms with Gasteiger partial charge in [-0.3, -0.25) is 0 Å². The Kier molecular flexibility index (Phi) is 6.88. The van der Waals surface area contributed by atoms with Crippen LogP contribution in [0.3, 0.4) is 0 Å². The second-order valence-electron chi connectivity index (χ2n) is 3.85. The molecule has 0 amide bonds. The third-order valence-electron chi connectivity index (χ3n) is 2.71. The first-order valence-corrected chi connectivity index (χ1v) is 5.26. The van der Waals surface area contributed by atoms with Gasteiger partial charge in [-0.2, -0.15) is 15.8 Å². The zero-order chi connectivity index (χ0) is 12.4. The summed E-state index contributed by atoms with van der Waals surface area (Å²) in [6, 6.07) is 5.73. The number of hydrogen-bond donors (Lipinski definition) is 2. The predicted octanol–water partition coefficient (Wildman–Crippen LogP) is 0.923. The van der Waals surface area contributed by atoms with E-state index in [0.29, 0.717) is 38.5 Å². The zero-order valence-corrected chi connectivity index (χ0v) is 9.32. The fourth-order valence-electron chi connectivity index (χ4n) is 1.58. The minimum atomic E-state index is -0.706. The van der Waals surface area contributed by atoms with Crippen LogP contribution in [0.15, 0.2) is 0 Å². The van der Waals surface area contributed by atoms with E-state index in [1.165, 1.54) is 0 Å². The van der Waals surface area contributed by atoms with Crippen LogP contribution in [0.25, 0.3) is 0 Å². The Morgan fingerprint density at radius 1 is 0.938 bits per heavy atom. The first-order chi connectivity index (χ1) is 7.60. The van der Waals surface area contributed by atoms with Gasteiger partial charge in [-0.05, 0) is 19.3 Å². The average Bonchev–Trinajstić information content (AvgIpc) is 2.30. The van der Waals surface area contributed by atoms with Crippen LogP contribution in [0, 0.1) is 34.0 Å². The van der Waals surface area contributed by atoms with Gasteiger partial charge in [0.15, 0.2) is 0 Å². The van der Waals surface area contributed by atoms with Gasteiger partial charge < -0.3 is 11.5 Å². The van der Waals surface area contributed by atoms with Crippen LogP contribution in [-0.4, -0.2) is 11.6 Å². The maximum atomic E-state index is 8.55. The van der Waals surface area contributed by atoms with E-state index in [1.807, 2.05) is 18.2 Å². The molecule has 0 aliphatic rings. The maximum Gasteiger partial charge on any atom is 0.0622 e. The number of rotatable bonds is 7. The lowest BCUT2D eigenvalue weighted by Gasteiger charge is -2.34. The van der Waals surface area contributed by atoms with Gasteiger partial charge >= 0.3 is 0 Å². The van der Waals surface area contributed by atoms with E-state index in [9.17, 15) is 0 Å². The molecule has 0 heterocycles. The summed E-state index contributed by atoms with van der Waals surface area (Å²) in [5.41, 5.74) is 11.3. The van der Waals surface area contributed by atoms with Crippen molar-refractivity contribution < 1.29 is 0 Å². The molecular formula is C11H17N5. The van der Waals surface area contributed by atoms with Crippen LogP contribution < -0.4 is 11.5 Å². The van der Waals surface area contributed by atoms with E-state index in [4.69, 9.17) is 27.3 Å². The van der Waals surface area contributed by atoms with E-state index in [-0.39, 0.29) is 6.04 Å². The molecule has 5 heteroatoms. The maximum absolute atomic E-state index is 8.55. The summed E-state index contributed by atoms with van der Waals surface area (Å²) in [5, 5.41) is 25.6. The number of nitriles is 3. The molecule has 0 spiro atoms. The molecular weight excluding hydrogens is 202 g/mol. The highest BCUT2D eigenvalue weighted by Crippen LogP contribution is 2.22. The monoisotopic (exact) mass is 219 g/mol. The van der Waals surface area contributed by atoms with Crippen LogP contribution in [0.2, 0.25) is 0 Å². The van der Waals surface area contributed by atoms with Crippen molar-refractivity contribution in [2.75, 3.05) is 0 Å². The highest BCUT2D eigenvalue weighted by molar-refractivity contribution is 4.98. The van der Waals surface area contributed by atoms with E-state index < -0.39 is 5.54 Å². The Morgan fingerprint density at radius 3 is 1.75 bits per heavy atom. The molecule has 0 radical (unpaired) electrons. The third-order valence-corrected chi connectivity index (χ3v) is 2.71. The summed E-state index contributed by atoms with van der Waals surface area (Å²) in [6.07, 6.45) is 2.43. The second-order valence-corrected chi connectivity index (χ2v) is 3.85. The molecule has 5 nitrogen and oxygen atoms in total. The molecule has 0 aromatic carbocycles. The molecule has 0 bridgehead atoms. The van der Waals surface area contributed by atoms with Gasteiger partial charge in [-0.1, -0.05) is 0 Å². The van der Waals surface area contributed by atoms with Crippen LogP contribution in [-0.2, 0) is 0 Å². The van der Waals surface area contributed by atoms with E-state index in [0.717, 1.165) is 0 Å². The summed E-state index contributed by atoms with van der Waals surface area (Å²) in [7, 11) is 0. The molecule has 4 N–H and O–H groups in total. The van der Waals surface area contributed by atoms with Crippen LogP contribution >= 0.6 is 0 Å². The van der Waals surface area contributed by atoms with Crippen molar-refractivity contribution in [3.8, 4) is 18.2 Å². The average molecular weight is 219 g/mol. The molecule has 0 fully saturated rings. The molecule has 16 heavy (non-hydrogen) atoms. The smallest absolute Gasteiger partial charge is 0.0622 e. The highest BCUT2D eigenvalue weighted by atomic mass is 14.8. The molecule has 86 valence electrons. The molecule has 0 aliphatic heterocycles. The van der Waals surface area contributed by atoms with E-state index in [1.54, 1.807) is 0 Å². The molecule has 0 saturated carbocycles. The minimum absolute atomic E-state index is 0.322. The van der Waals surface area contributed by atoms with Gasteiger partial charge in [0.25, 0.3) is 0 Å². The van der Waals surface area contributed by atoms with Gasteiger partial charge in [0.2, 0.25) is 0 Å². The predicted molar refractivity (Wildman–Crippen MR) is 59.4 cm³/mol. The summed E-state index contributed by atoms with van der Waals surface area (Å²) in [5.74, 6) is 0. The Labute approximate surface area is 96.2 Å². The fraction of sp³-hybridized carbons (Fsp3) is 0.727. The Bertz CT molecular complexity index is 299. The number of nitrogens with two attached hydrogens (primary N) is 2. The molecule has 0 aromatic heterocycles. The minimum Gasteiger partial charge on any atom is -0.326 e. The van der Waals surface area contributed by atoms with Gasteiger partial charge in [-0.25, -0.2) is 0 Å². The first-order valence-electron chi connectivity index (χ1n) is 5.26. The quantitative estimate of drug-likeness (QED) is 0.659. The van der Waals surface area contributed by atoms with Gasteiger partial charge in [-0.15, -0.1) is 0 Å². The second kappa shape index (κ2) is 7.65. The fourth-order valence-corrected chi connectivity index (χ4v) is 1.58. The van der Waals surface area contributed by atoms with Crippen LogP contribution in [0.1, 0.15) is 38.5 Å². The summed E-state index contributed by atoms with van der Waals surface area (Å²) < 4.78 is 0. The highest BCUT2D eigenvalue weighted by Gasteiger charge is 2.31. The van der Waals surface area contributed by atoms with Crippen molar-refractivity contribution in [3.63, 3.8) is 0 Å². The largest absolute Gasteiger partial charge is 0.326 e. The SMILES string of the molecule is N#CCCC(N)C(N)(CCC#N)CCC#N. The lowest BCUT2D eigenvalue weighted by atomic mass is 9.81. The van der Waals surface area contributed by atoms with Crippen LogP contribution in [0.4, 0.5) is 0 Å². The Balaban J connectivity index is 4.45. The van der Waals surface area contributed by atoms with Gasteiger partial charge in [0.05, 0.1) is 18.2 Å². The number of nitrogens with zero attached hydrogens (tertiary/aromatic N) is 3. The first kappa shape index (κ1) is 14.4. The molecule has 0 aromatic rings. The van der Waals surface area contributed by atoms with Crippen LogP contribution in [0.5, 0.6) is 0 Å². The third kappa shape index (κ3) is 4.75. The summed E-state index contributed by atoms with van der Waals surface area (Å²) in [6.45, 7) is 0. The molecule has 1 unspecified atom stereocenters. The van der Waals surface area contributed by atoms with Crippen molar-refractivity contribution in [2.24, 2.45) is 11.5 Å². The Morgan fingerprint density at radius 2 is 1.38 bits per heavy atom. The van der Waals surface area contributed by atoms with Crippen molar-refractivity contribution in [1.82, 2.24) is 0 Å². The molecule has 0 aliphatic carbocycles. The van der Waals surface area contributed by atoms with Crippen molar-refractivity contribution in [2.45, 2.75) is 50.1 Å². The Hall–Kier alpha value is -1.61. The lowest BCUT2D eigenvalue weighted by molar-refractivity contribution is 0.293. The summed E-state index contributed by atoms with van der Waals surface area (Å²) >= 11 is 0. The molecule has 0 rings (SSSR count). The van der Waals surface area contributed by atoms with Gasteiger partial charge in [0.1, 0.15) is 0 Å². The normalized spacial score (nSPS) is 12.2. The van der Waals surface area contributed by atoms with Crippen molar-refractivity contribution in [3.05, 3.63) is 0 Å². The van der Waals surface area contributed by atoms with Crippen molar-refractivity contribution in [1.29, 1.82) is 15.8 Å². The topological polar surface area (TPSA) is 123 Å². The lowest BCUT2D eigenvalue weighted by Crippen LogP contribution is -2.55. The number of hydrogen-bond acceptors (Lipinski definition) is 5. The van der Waals surface area contributed by atoms with Gasteiger partial charge in [0, 0.05) is 30.8 Å². The molecule has 0 saturated heterocycles. The summed E-state index contributed by atoms with van der Waals surface area (Å²) in [4.78, 5) is 0.